The Labute approximate surface area is 185 Å². The van der Waals surface area contributed by atoms with Gasteiger partial charge in [-0.1, -0.05) is 29.7 Å². The number of fused-ring (bicyclic) bond motifs is 5. The summed E-state index contributed by atoms with van der Waals surface area (Å²) < 4.78 is 5.12. The lowest BCUT2D eigenvalue weighted by Crippen LogP contribution is -2.51. The van der Waals surface area contributed by atoms with Crippen molar-refractivity contribution in [2.45, 2.75) is 84.3 Å². The zero-order chi connectivity index (χ0) is 21.6. The Hall–Kier alpha value is -1.66. The van der Waals surface area contributed by atoms with E-state index in [9.17, 15) is 5.11 Å². The predicted molar refractivity (Wildman–Crippen MR) is 119 cm³/mol. The first-order valence-corrected chi connectivity index (χ1v) is 12.2. The molecule has 6 heteroatoms. The van der Waals surface area contributed by atoms with E-state index >= 15 is 0 Å². The van der Waals surface area contributed by atoms with Gasteiger partial charge < -0.3 is 20.2 Å². The van der Waals surface area contributed by atoms with Gasteiger partial charge in [0, 0.05) is 12.5 Å². The molecular weight excluding hydrogens is 390 g/mol. The Morgan fingerprint density at radius 1 is 1.19 bits per heavy atom. The van der Waals surface area contributed by atoms with Crippen molar-refractivity contribution in [2.75, 3.05) is 6.61 Å². The number of aromatic nitrogens is 1. The molecule has 6 nitrogen and oxygen atoms in total. The highest BCUT2D eigenvalue weighted by Gasteiger charge is 2.58. The monoisotopic (exact) mass is 427 g/mol. The van der Waals surface area contributed by atoms with Crippen LogP contribution in [-0.2, 0) is 17.8 Å². The molecule has 0 aromatic carbocycles. The Balaban J connectivity index is 1.24. The number of hydrogen-bond donors (Lipinski definition) is 2. The predicted octanol–water partition coefficient (Wildman–Crippen LogP) is 4.37. The first kappa shape index (κ1) is 21.2. The molecule has 31 heavy (non-hydrogen) atoms. The van der Waals surface area contributed by atoms with Crippen LogP contribution in [0.5, 0.6) is 0 Å². The minimum absolute atomic E-state index is 0.0930. The van der Waals surface area contributed by atoms with E-state index in [1.807, 2.05) is 6.07 Å². The molecule has 4 aliphatic rings. The smallest absolute Gasteiger partial charge is 0.150 e. The van der Waals surface area contributed by atoms with Crippen LogP contribution >= 0.6 is 0 Å². The van der Waals surface area contributed by atoms with Crippen LogP contribution < -0.4 is 5.73 Å². The molecule has 0 amide bonds. The van der Waals surface area contributed by atoms with Crippen molar-refractivity contribution in [3.8, 4) is 0 Å². The Morgan fingerprint density at radius 2 is 2.06 bits per heavy atom. The number of aliphatic hydroxyl groups excluding tert-OH is 1. The Kier molecular flexibility index (Phi) is 5.50. The third-order valence-corrected chi connectivity index (χ3v) is 9.37. The molecule has 0 bridgehead atoms. The molecular formula is C25H37N3O3. The van der Waals surface area contributed by atoms with Gasteiger partial charge in [-0.05, 0) is 86.0 Å². The van der Waals surface area contributed by atoms with Gasteiger partial charge in [0.25, 0.3) is 0 Å². The van der Waals surface area contributed by atoms with Crippen molar-refractivity contribution in [3.63, 3.8) is 0 Å². The normalized spacial score (nSPS) is 40.8. The molecule has 0 spiro atoms. The number of nitrogens with two attached hydrogens (primary N) is 1. The highest BCUT2D eigenvalue weighted by molar-refractivity contribution is 5.96. The summed E-state index contributed by atoms with van der Waals surface area (Å²) in [5, 5.41) is 19.1. The molecule has 1 aromatic heterocycles. The van der Waals surface area contributed by atoms with Gasteiger partial charge in [0.1, 0.15) is 6.61 Å². The van der Waals surface area contributed by atoms with E-state index in [4.69, 9.17) is 15.1 Å². The quantitative estimate of drug-likeness (QED) is 0.537. The molecule has 1 heterocycles. The van der Waals surface area contributed by atoms with Gasteiger partial charge >= 0.3 is 0 Å². The number of aliphatic hydroxyl groups is 1. The molecule has 170 valence electrons. The number of hydrogen-bond acceptors (Lipinski definition) is 6. The van der Waals surface area contributed by atoms with E-state index in [2.05, 4.69) is 30.2 Å². The topological polar surface area (TPSA) is 93.9 Å². The maximum absolute atomic E-state index is 10.6. The lowest BCUT2D eigenvalue weighted by molar-refractivity contribution is -0.0722. The molecule has 0 radical (unpaired) electrons. The molecule has 6 atom stereocenters. The lowest BCUT2D eigenvalue weighted by atomic mass is 9.47. The zero-order valence-corrected chi connectivity index (χ0v) is 19.0. The van der Waals surface area contributed by atoms with Crippen molar-refractivity contribution in [1.82, 2.24) is 5.16 Å². The molecule has 0 aliphatic heterocycles. The van der Waals surface area contributed by atoms with E-state index in [1.54, 1.807) is 5.57 Å². The Morgan fingerprint density at radius 3 is 2.87 bits per heavy atom. The van der Waals surface area contributed by atoms with Gasteiger partial charge in [-0.25, -0.2) is 0 Å². The summed E-state index contributed by atoms with van der Waals surface area (Å²) in [7, 11) is 0. The highest BCUT2D eigenvalue weighted by Crippen LogP contribution is 2.65. The third-order valence-electron chi connectivity index (χ3n) is 9.37. The summed E-state index contributed by atoms with van der Waals surface area (Å²) in [5.41, 5.74) is 9.51. The van der Waals surface area contributed by atoms with Crippen molar-refractivity contribution in [2.24, 2.45) is 39.5 Å². The summed E-state index contributed by atoms with van der Waals surface area (Å²) in [6, 6.07) is 1.88. The van der Waals surface area contributed by atoms with Crippen molar-refractivity contribution in [1.29, 1.82) is 0 Å². The maximum atomic E-state index is 10.6. The van der Waals surface area contributed by atoms with Gasteiger partial charge in [-0.3, -0.25) is 0 Å². The van der Waals surface area contributed by atoms with Crippen LogP contribution in [0.4, 0.5) is 0 Å². The highest BCUT2D eigenvalue weighted by atomic mass is 16.6. The van der Waals surface area contributed by atoms with E-state index in [0.29, 0.717) is 31.3 Å². The van der Waals surface area contributed by atoms with Gasteiger partial charge in [0.2, 0.25) is 0 Å². The van der Waals surface area contributed by atoms with Crippen molar-refractivity contribution >= 4 is 5.71 Å². The number of nitrogens with zero attached hydrogens (tertiary/aromatic N) is 2. The standard InChI is InChI=1S/C25H37N3O3/c1-24-10-7-17(27-30-12-9-18-14-19(15-26)31-28-18)13-16(24)3-4-20-21-5-6-23(29)25(21,2)11-8-22(20)24/h13-14,20-23,29H,3-12,15,26H2,1-2H3. The van der Waals surface area contributed by atoms with E-state index in [0.717, 1.165) is 42.5 Å². The second kappa shape index (κ2) is 8.04. The summed E-state index contributed by atoms with van der Waals surface area (Å²) in [6.07, 6.45) is 12.1. The van der Waals surface area contributed by atoms with Gasteiger partial charge in [-0.15, -0.1) is 0 Å². The van der Waals surface area contributed by atoms with Crippen molar-refractivity contribution in [3.05, 3.63) is 29.2 Å². The molecule has 5 rings (SSSR count). The average molecular weight is 428 g/mol. The average Bonchev–Trinajstić information content (AvgIpc) is 3.35. The first-order valence-electron chi connectivity index (χ1n) is 12.2. The zero-order valence-electron chi connectivity index (χ0n) is 19.0. The fourth-order valence-corrected chi connectivity index (χ4v) is 7.46. The van der Waals surface area contributed by atoms with Crippen molar-refractivity contribution < 1.29 is 14.5 Å². The van der Waals surface area contributed by atoms with E-state index in [1.165, 1.54) is 32.1 Å². The summed E-state index contributed by atoms with van der Waals surface area (Å²) in [4.78, 5) is 5.62. The molecule has 0 saturated heterocycles. The lowest BCUT2D eigenvalue weighted by Gasteiger charge is -2.57. The van der Waals surface area contributed by atoms with Crippen LogP contribution in [0.1, 0.15) is 76.7 Å². The molecule has 6 unspecified atom stereocenters. The van der Waals surface area contributed by atoms with E-state index in [-0.39, 0.29) is 16.9 Å². The van der Waals surface area contributed by atoms with Gasteiger partial charge in [-0.2, -0.15) is 0 Å². The van der Waals surface area contributed by atoms with Crippen LogP contribution in [0, 0.1) is 28.6 Å². The second-order valence-corrected chi connectivity index (χ2v) is 10.8. The van der Waals surface area contributed by atoms with Gasteiger partial charge in [0.15, 0.2) is 5.76 Å². The van der Waals surface area contributed by atoms with Crippen LogP contribution in [0.2, 0.25) is 0 Å². The summed E-state index contributed by atoms with van der Waals surface area (Å²) in [6.45, 7) is 5.72. The molecule has 3 N–H and O–H groups in total. The molecule has 3 saturated carbocycles. The fourth-order valence-electron chi connectivity index (χ4n) is 7.46. The maximum Gasteiger partial charge on any atom is 0.150 e. The van der Waals surface area contributed by atoms with Crippen LogP contribution in [0.15, 0.2) is 27.4 Å². The number of allylic oxidation sites excluding steroid dienone is 2. The number of oxime groups is 1. The largest absolute Gasteiger partial charge is 0.395 e. The minimum Gasteiger partial charge on any atom is -0.395 e. The van der Waals surface area contributed by atoms with E-state index < -0.39 is 0 Å². The van der Waals surface area contributed by atoms with Gasteiger partial charge in [0.05, 0.1) is 24.1 Å². The van der Waals surface area contributed by atoms with Crippen LogP contribution in [0.25, 0.3) is 0 Å². The molecule has 4 aliphatic carbocycles. The minimum atomic E-state index is -0.0930. The Bertz CT molecular complexity index is 877. The van der Waals surface area contributed by atoms with Crippen LogP contribution in [-0.4, -0.2) is 28.7 Å². The summed E-state index contributed by atoms with van der Waals surface area (Å²) in [5.74, 6) is 2.92. The fraction of sp³-hybridized carbons (Fsp3) is 0.760. The molecule has 3 fully saturated rings. The molecule has 1 aromatic rings. The SMILES string of the molecule is CC12CCC(=NOCCc3cc(CN)on3)C=C1CCC1C2CCC2(C)C(O)CCC12. The van der Waals surface area contributed by atoms with Crippen LogP contribution in [0.3, 0.4) is 0 Å². The number of rotatable bonds is 5. The second-order valence-electron chi connectivity index (χ2n) is 10.8. The summed E-state index contributed by atoms with van der Waals surface area (Å²) >= 11 is 0. The third kappa shape index (κ3) is 3.56. The first-order chi connectivity index (χ1) is 14.9.